The minimum Gasteiger partial charge on any atom is -0.493 e. The van der Waals surface area contributed by atoms with Gasteiger partial charge >= 0.3 is 5.97 Å². The van der Waals surface area contributed by atoms with Crippen molar-refractivity contribution in [1.82, 2.24) is 15.0 Å². The Labute approximate surface area is 115 Å². The molecule has 0 unspecified atom stereocenters. The number of methoxy groups -OCH3 is 2. The molecule has 0 aliphatic carbocycles. The van der Waals surface area contributed by atoms with Gasteiger partial charge in [-0.3, -0.25) is 4.68 Å². The predicted octanol–water partition coefficient (Wildman–Crippen LogP) is 1.12. The number of aromatic carboxylic acids is 1. The summed E-state index contributed by atoms with van der Waals surface area (Å²) in [6, 6.07) is 5.43. The van der Waals surface area contributed by atoms with Crippen LogP contribution in [0.25, 0.3) is 0 Å². The van der Waals surface area contributed by atoms with E-state index in [1.54, 1.807) is 33.4 Å². The summed E-state index contributed by atoms with van der Waals surface area (Å²) in [6.45, 7) is 0. The second-order valence-corrected chi connectivity index (χ2v) is 4.18. The molecule has 0 radical (unpaired) electrons. The third kappa shape index (κ3) is 2.56. The average Bonchev–Trinajstić information content (AvgIpc) is 2.80. The number of aryl methyl sites for hydroxylation is 1. The Morgan fingerprint density at radius 3 is 2.60 bits per heavy atom. The zero-order chi connectivity index (χ0) is 14.7. The molecule has 7 nitrogen and oxygen atoms in total. The van der Waals surface area contributed by atoms with E-state index in [0.717, 1.165) is 5.56 Å². The van der Waals surface area contributed by atoms with Gasteiger partial charge in [-0.2, -0.15) is 0 Å². The van der Waals surface area contributed by atoms with E-state index in [1.165, 1.54) is 4.68 Å². The number of carboxylic acid groups (broad SMARTS) is 1. The largest absolute Gasteiger partial charge is 0.493 e. The molecule has 0 saturated heterocycles. The highest BCUT2D eigenvalue weighted by atomic mass is 16.5. The number of carbonyl (C=O) groups is 1. The van der Waals surface area contributed by atoms with Crippen molar-refractivity contribution in [3.05, 3.63) is 35.2 Å². The van der Waals surface area contributed by atoms with Gasteiger partial charge in [-0.1, -0.05) is 11.3 Å². The van der Waals surface area contributed by atoms with Crippen molar-refractivity contribution in [2.45, 2.75) is 6.42 Å². The SMILES string of the molecule is COc1ccc(Cc2c(C(=O)O)nnn2C)cc1OC. The molecule has 1 N–H and O–H groups in total. The van der Waals surface area contributed by atoms with Crippen molar-refractivity contribution in [2.75, 3.05) is 14.2 Å². The Balaban J connectivity index is 2.35. The summed E-state index contributed by atoms with van der Waals surface area (Å²) in [7, 11) is 4.77. The minimum absolute atomic E-state index is 0.0396. The van der Waals surface area contributed by atoms with Gasteiger partial charge in [0.05, 0.1) is 19.9 Å². The van der Waals surface area contributed by atoms with E-state index in [-0.39, 0.29) is 5.69 Å². The van der Waals surface area contributed by atoms with Crippen molar-refractivity contribution in [3.8, 4) is 11.5 Å². The van der Waals surface area contributed by atoms with Crippen molar-refractivity contribution >= 4 is 5.97 Å². The molecule has 0 saturated carbocycles. The molecule has 0 aliphatic heterocycles. The summed E-state index contributed by atoms with van der Waals surface area (Å²) < 4.78 is 11.8. The Kier molecular flexibility index (Phi) is 3.88. The Bertz CT molecular complexity index is 637. The number of carboxylic acids is 1. The van der Waals surface area contributed by atoms with Crippen LogP contribution in [-0.2, 0) is 13.5 Å². The molecule has 0 fully saturated rings. The molecule has 0 aliphatic rings. The van der Waals surface area contributed by atoms with E-state index in [0.29, 0.717) is 23.6 Å². The summed E-state index contributed by atoms with van der Waals surface area (Å²) in [6.07, 6.45) is 0.394. The Morgan fingerprint density at radius 2 is 2.00 bits per heavy atom. The van der Waals surface area contributed by atoms with Crippen LogP contribution in [0.15, 0.2) is 18.2 Å². The molecule has 2 aromatic rings. The van der Waals surface area contributed by atoms with Crippen LogP contribution >= 0.6 is 0 Å². The maximum atomic E-state index is 11.1. The van der Waals surface area contributed by atoms with Gasteiger partial charge in [0.2, 0.25) is 0 Å². The fourth-order valence-electron chi connectivity index (χ4n) is 1.93. The Morgan fingerprint density at radius 1 is 1.30 bits per heavy atom. The van der Waals surface area contributed by atoms with Crippen LogP contribution in [0.2, 0.25) is 0 Å². The topological polar surface area (TPSA) is 86.5 Å². The summed E-state index contributed by atoms with van der Waals surface area (Å²) in [5.74, 6) is 0.128. The van der Waals surface area contributed by atoms with E-state index in [1.807, 2.05) is 6.07 Å². The first-order chi connectivity index (χ1) is 9.56. The maximum Gasteiger partial charge on any atom is 0.358 e. The third-order valence-electron chi connectivity index (χ3n) is 2.96. The molecule has 1 heterocycles. The summed E-state index contributed by atoms with van der Waals surface area (Å²) >= 11 is 0. The summed E-state index contributed by atoms with van der Waals surface area (Å²) in [5.41, 5.74) is 1.38. The number of hydrogen-bond acceptors (Lipinski definition) is 5. The lowest BCUT2D eigenvalue weighted by Crippen LogP contribution is -2.06. The molecular weight excluding hydrogens is 262 g/mol. The van der Waals surface area contributed by atoms with Gasteiger partial charge in [0.1, 0.15) is 0 Å². The van der Waals surface area contributed by atoms with E-state index < -0.39 is 5.97 Å². The molecule has 0 amide bonds. The van der Waals surface area contributed by atoms with Crippen LogP contribution in [0.4, 0.5) is 0 Å². The quantitative estimate of drug-likeness (QED) is 0.881. The van der Waals surface area contributed by atoms with Crippen LogP contribution in [0.1, 0.15) is 21.7 Å². The maximum absolute atomic E-state index is 11.1. The fraction of sp³-hybridized carbons (Fsp3) is 0.308. The number of nitrogens with zero attached hydrogens (tertiary/aromatic N) is 3. The third-order valence-corrected chi connectivity index (χ3v) is 2.96. The number of benzene rings is 1. The van der Waals surface area contributed by atoms with E-state index in [2.05, 4.69) is 10.3 Å². The first-order valence-corrected chi connectivity index (χ1v) is 5.89. The van der Waals surface area contributed by atoms with Crippen molar-refractivity contribution in [1.29, 1.82) is 0 Å². The molecule has 1 aromatic heterocycles. The van der Waals surface area contributed by atoms with Gasteiger partial charge in [-0.25, -0.2) is 4.79 Å². The van der Waals surface area contributed by atoms with Gasteiger partial charge in [-0.15, -0.1) is 5.10 Å². The fourth-order valence-corrected chi connectivity index (χ4v) is 1.93. The molecule has 106 valence electrons. The molecule has 0 atom stereocenters. The van der Waals surface area contributed by atoms with Gasteiger partial charge in [0, 0.05) is 13.5 Å². The molecule has 1 aromatic carbocycles. The van der Waals surface area contributed by atoms with Gasteiger partial charge in [-0.05, 0) is 17.7 Å². The molecule has 0 bridgehead atoms. The summed E-state index contributed by atoms with van der Waals surface area (Å²) in [4.78, 5) is 11.1. The van der Waals surface area contributed by atoms with Crippen molar-refractivity contribution in [3.63, 3.8) is 0 Å². The first-order valence-electron chi connectivity index (χ1n) is 5.89. The smallest absolute Gasteiger partial charge is 0.358 e. The highest BCUT2D eigenvalue weighted by molar-refractivity contribution is 5.86. The number of hydrogen-bond donors (Lipinski definition) is 1. The molecule has 0 spiro atoms. The minimum atomic E-state index is -1.09. The number of ether oxygens (including phenoxy) is 2. The van der Waals surface area contributed by atoms with E-state index >= 15 is 0 Å². The lowest BCUT2D eigenvalue weighted by molar-refractivity contribution is 0.0689. The Hall–Kier alpha value is -2.57. The highest BCUT2D eigenvalue weighted by Gasteiger charge is 2.18. The second-order valence-electron chi connectivity index (χ2n) is 4.18. The second kappa shape index (κ2) is 5.60. The molecular formula is C13H15N3O4. The predicted molar refractivity (Wildman–Crippen MR) is 70.3 cm³/mol. The van der Waals surface area contributed by atoms with Gasteiger partial charge in [0.15, 0.2) is 17.2 Å². The lowest BCUT2D eigenvalue weighted by atomic mass is 10.1. The summed E-state index contributed by atoms with van der Waals surface area (Å²) in [5, 5.41) is 16.5. The standard InChI is InChI=1S/C13H15N3O4/c1-16-9(12(13(17)18)14-15-16)6-8-4-5-10(19-2)11(7-8)20-3/h4-5,7H,6H2,1-3H3,(H,17,18). The zero-order valence-corrected chi connectivity index (χ0v) is 11.5. The van der Waals surface area contributed by atoms with Crippen molar-refractivity contribution in [2.24, 2.45) is 7.05 Å². The van der Waals surface area contributed by atoms with Crippen LogP contribution < -0.4 is 9.47 Å². The highest BCUT2D eigenvalue weighted by Crippen LogP contribution is 2.28. The number of aromatic nitrogens is 3. The average molecular weight is 277 g/mol. The van der Waals surface area contributed by atoms with Crippen LogP contribution in [-0.4, -0.2) is 40.3 Å². The lowest BCUT2D eigenvalue weighted by Gasteiger charge is -2.09. The van der Waals surface area contributed by atoms with Crippen LogP contribution in [0.5, 0.6) is 11.5 Å². The van der Waals surface area contributed by atoms with Crippen LogP contribution in [0.3, 0.4) is 0 Å². The molecule has 20 heavy (non-hydrogen) atoms. The molecule has 7 heteroatoms. The van der Waals surface area contributed by atoms with Crippen LogP contribution in [0, 0.1) is 0 Å². The number of rotatable bonds is 5. The van der Waals surface area contributed by atoms with E-state index in [9.17, 15) is 4.79 Å². The normalized spacial score (nSPS) is 10.3. The zero-order valence-electron chi connectivity index (χ0n) is 11.5. The molecule has 2 rings (SSSR count). The van der Waals surface area contributed by atoms with Gasteiger partial charge < -0.3 is 14.6 Å². The van der Waals surface area contributed by atoms with E-state index in [4.69, 9.17) is 14.6 Å². The van der Waals surface area contributed by atoms with Crippen molar-refractivity contribution < 1.29 is 19.4 Å². The monoisotopic (exact) mass is 277 g/mol. The van der Waals surface area contributed by atoms with Gasteiger partial charge in [0.25, 0.3) is 0 Å². The first kappa shape index (κ1) is 13.9.